The summed E-state index contributed by atoms with van der Waals surface area (Å²) >= 11 is 1.65. The van der Waals surface area contributed by atoms with Crippen LogP contribution in [-0.2, 0) is 19.3 Å². The van der Waals surface area contributed by atoms with E-state index in [2.05, 4.69) is 27.0 Å². The molecule has 0 saturated heterocycles. The van der Waals surface area contributed by atoms with Gasteiger partial charge in [-0.25, -0.2) is 0 Å². The number of rotatable bonds is 6. The maximum atomic E-state index is 12.3. The highest BCUT2D eigenvalue weighted by atomic mass is 32.1. The number of nitrogens with one attached hydrogen (secondary N) is 2. The average molecular weight is 319 g/mol. The highest BCUT2D eigenvalue weighted by Gasteiger charge is 2.22. The summed E-state index contributed by atoms with van der Waals surface area (Å²) in [5.41, 5.74) is 3.91. The summed E-state index contributed by atoms with van der Waals surface area (Å²) in [6, 6.07) is 2.05. The average Bonchev–Trinajstić information content (AvgIpc) is 3.20. The second-order valence-electron chi connectivity index (χ2n) is 5.83. The Morgan fingerprint density at radius 3 is 3.09 bits per heavy atom. The smallest absolute Gasteiger partial charge is 0.272 e. The third kappa shape index (κ3) is 3.39. The molecule has 118 valence electrons. The van der Waals surface area contributed by atoms with E-state index in [1.165, 1.54) is 5.56 Å². The van der Waals surface area contributed by atoms with Gasteiger partial charge in [0.2, 0.25) is 0 Å². The molecule has 2 aromatic rings. The van der Waals surface area contributed by atoms with Crippen molar-refractivity contribution in [2.24, 2.45) is 5.92 Å². The van der Waals surface area contributed by atoms with Gasteiger partial charge in [0, 0.05) is 30.3 Å². The highest BCUT2D eigenvalue weighted by molar-refractivity contribution is 7.07. The Morgan fingerprint density at radius 1 is 1.45 bits per heavy atom. The van der Waals surface area contributed by atoms with Crippen LogP contribution in [0.5, 0.6) is 0 Å². The largest absolute Gasteiger partial charge is 0.396 e. The molecule has 22 heavy (non-hydrogen) atoms. The highest BCUT2D eigenvalue weighted by Crippen LogP contribution is 2.22. The molecule has 1 amide bonds. The minimum Gasteiger partial charge on any atom is -0.396 e. The lowest BCUT2D eigenvalue weighted by molar-refractivity contribution is 0.0934. The molecule has 2 heterocycles. The molecule has 0 bridgehead atoms. The Hall–Kier alpha value is -1.66. The molecule has 0 aliphatic heterocycles. The van der Waals surface area contributed by atoms with Crippen molar-refractivity contribution >= 4 is 17.2 Å². The number of aliphatic hydroxyl groups is 1. The van der Waals surface area contributed by atoms with Crippen molar-refractivity contribution < 1.29 is 9.90 Å². The molecule has 6 heteroatoms. The number of aliphatic hydroxyl groups excluding tert-OH is 1. The van der Waals surface area contributed by atoms with Crippen LogP contribution in [0.1, 0.15) is 40.2 Å². The van der Waals surface area contributed by atoms with Crippen LogP contribution in [0.2, 0.25) is 0 Å². The van der Waals surface area contributed by atoms with Gasteiger partial charge in [-0.2, -0.15) is 16.4 Å². The number of carbonyl (C=O) groups is 1. The van der Waals surface area contributed by atoms with Crippen molar-refractivity contribution in [1.82, 2.24) is 15.5 Å². The van der Waals surface area contributed by atoms with Crippen molar-refractivity contribution in [3.63, 3.8) is 0 Å². The van der Waals surface area contributed by atoms with Gasteiger partial charge in [0.15, 0.2) is 5.69 Å². The zero-order valence-corrected chi connectivity index (χ0v) is 13.3. The number of aryl methyl sites for hydroxylation is 1. The minimum atomic E-state index is -0.136. The van der Waals surface area contributed by atoms with Gasteiger partial charge >= 0.3 is 0 Å². The van der Waals surface area contributed by atoms with Gasteiger partial charge in [-0.1, -0.05) is 0 Å². The SMILES string of the molecule is O=C(NC[C@H](CO)Cc1ccsc1)c1n[nH]c2c1CCCC2. The molecule has 0 unspecified atom stereocenters. The van der Waals surface area contributed by atoms with Gasteiger partial charge in [0.1, 0.15) is 0 Å². The Morgan fingerprint density at radius 2 is 2.32 bits per heavy atom. The number of hydrogen-bond donors (Lipinski definition) is 3. The van der Waals surface area contributed by atoms with Crippen LogP contribution in [-0.4, -0.2) is 34.4 Å². The second kappa shape index (κ2) is 7.07. The number of nitrogens with zero attached hydrogens (tertiary/aromatic N) is 1. The summed E-state index contributed by atoms with van der Waals surface area (Å²) in [6.07, 6.45) is 4.95. The Bertz CT molecular complexity index is 621. The fraction of sp³-hybridized carbons (Fsp3) is 0.500. The van der Waals surface area contributed by atoms with Crippen molar-refractivity contribution in [2.75, 3.05) is 13.2 Å². The molecule has 2 aromatic heterocycles. The first-order chi connectivity index (χ1) is 10.8. The molecule has 0 aromatic carbocycles. The first-order valence-electron chi connectivity index (χ1n) is 7.74. The number of aromatic amines is 1. The van der Waals surface area contributed by atoms with Gasteiger partial charge in [-0.05, 0) is 54.5 Å². The van der Waals surface area contributed by atoms with Crippen molar-refractivity contribution in [1.29, 1.82) is 0 Å². The van der Waals surface area contributed by atoms with Crippen LogP contribution in [0.15, 0.2) is 16.8 Å². The van der Waals surface area contributed by atoms with Crippen molar-refractivity contribution in [3.05, 3.63) is 39.3 Å². The molecule has 1 aliphatic rings. The molecule has 5 nitrogen and oxygen atoms in total. The number of H-pyrrole nitrogens is 1. The molecular weight excluding hydrogens is 298 g/mol. The van der Waals surface area contributed by atoms with Gasteiger partial charge in [0.05, 0.1) is 0 Å². The fourth-order valence-corrected chi connectivity index (χ4v) is 3.61. The van der Waals surface area contributed by atoms with E-state index in [-0.39, 0.29) is 18.4 Å². The van der Waals surface area contributed by atoms with E-state index < -0.39 is 0 Å². The maximum absolute atomic E-state index is 12.3. The van der Waals surface area contributed by atoms with Crippen LogP contribution in [0.4, 0.5) is 0 Å². The molecule has 3 rings (SSSR count). The Labute approximate surface area is 133 Å². The molecule has 0 fully saturated rings. The van der Waals surface area contributed by atoms with Crippen molar-refractivity contribution in [3.8, 4) is 0 Å². The molecule has 0 radical (unpaired) electrons. The predicted octanol–water partition coefficient (Wildman–Crippen LogP) is 1.93. The van der Waals surface area contributed by atoms with Crippen LogP contribution >= 0.6 is 11.3 Å². The van der Waals surface area contributed by atoms with Gasteiger partial charge in [0.25, 0.3) is 5.91 Å². The molecule has 0 spiro atoms. The number of fused-ring (bicyclic) bond motifs is 1. The number of hydrogen-bond acceptors (Lipinski definition) is 4. The summed E-state index contributed by atoms with van der Waals surface area (Å²) < 4.78 is 0. The topological polar surface area (TPSA) is 78.0 Å². The van der Waals surface area contributed by atoms with Gasteiger partial charge < -0.3 is 10.4 Å². The molecule has 1 aliphatic carbocycles. The van der Waals surface area contributed by atoms with Crippen molar-refractivity contribution in [2.45, 2.75) is 32.1 Å². The first kappa shape index (κ1) is 15.2. The molecular formula is C16H21N3O2S. The van der Waals surface area contributed by atoms with Crippen LogP contribution in [0.25, 0.3) is 0 Å². The predicted molar refractivity (Wildman–Crippen MR) is 86.2 cm³/mol. The van der Waals surface area contributed by atoms with E-state index in [0.29, 0.717) is 12.2 Å². The van der Waals surface area contributed by atoms with Crippen LogP contribution in [0, 0.1) is 5.92 Å². The van der Waals surface area contributed by atoms with Gasteiger partial charge in [-0.3, -0.25) is 9.89 Å². The lowest BCUT2D eigenvalue weighted by atomic mass is 9.95. The van der Waals surface area contributed by atoms with E-state index >= 15 is 0 Å². The minimum absolute atomic E-state index is 0.0355. The lowest BCUT2D eigenvalue weighted by Gasteiger charge is -2.15. The number of aromatic nitrogens is 2. The van der Waals surface area contributed by atoms with Crippen LogP contribution in [0.3, 0.4) is 0 Å². The summed E-state index contributed by atoms with van der Waals surface area (Å²) in [6.45, 7) is 0.529. The van der Waals surface area contributed by atoms with Gasteiger partial charge in [-0.15, -0.1) is 0 Å². The number of thiophene rings is 1. The Balaban J connectivity index is 1.58. The monoisotopic (exact) mass is 319 g/mol. The fourth-order valence-electron chi connectivity index (χ4n) is 2.93. The third-order valence-corrected chi connectivity index (χ3v) is 4.92. The Kier molecular flexibility index (Phi) is 4.90. The first-order valence-corrected chi connectivity index (χ1v) is 8.68. The standard InChI is InChI=1S/C16H21N3O2S/c20-9-12(7-11-5-6-22-10-11)8-17-16(21)15-13-3-1-2-4-14(13)18-19-15/h5-6,10,12,20H,1-4,7-9H2,(H,17,21)(H,18,19)/t12-/m1/s1. The molecule has 3 N–H and O–H groups in total. The molecule has 0 saturated carbocycles. The number of carbonyl (C=O) groups excluding carboxylic acids is 1. The van der Waals surface area contributed by atoms with E-state index in [1.807, 2.05) is 5.38 Å². The van der Waals surface area contributed by atoms with E-state index in [4.69, 9.17) is 0 Å². The summed E-state index contributed by atoms with van der Waals surface area (Å²) in [7, 11) is 0. The quantitative estimate of drug-likeness (QED) is 0.761. The number of amides is 1. The van der Waals surface area contributed by atoms with Crippen LogP contribution < -0.4 is 5.32 Å². The zero-order chi connectivity index (χ0) is 15.4. The summed E-state index contributed by atoms with van der Waals surface area (Å²) in [4.78, 5) is 12.3. The zero-order valence-electron chi connectivity index (χ0n) is 12.5. The summed E-state index contributed by atoms with van der Waals surface area (Å²) in [5, 5.41) is 23.7. The third-order valence-electron chi connectivity index (χ3n) is 4.19. The second-order valence-corrected chi connectivity index (χ2v) is 6.61. The van der Waals surface area contributed by atoms with E-state index in [9.17, 15) is 9.90 Å². The lowest BCUT2D eigenvalue weighted by Crippen LogP contribution is -2.32. The van der Waals surface area contributed by atoms with E-state index in [0.717, 1.165) is 43.4 Å². The molecule has 1 atom stereocenters. The summed E-state index contributed by atoms with van der Waals surface area (Å²) in [5.74, 6) is -0.100. The van der Waals surface area contributed by atoms with E-state index in [1.54, 1.807) is 11.3 Å². The maximum Gasteiger partial charge on any atom is 0.272 e. The normalized spacial score (nSPS) is 15.3.